The molecule has 8 aromatic rings. The molecule has 8 rings (SSSR count). The molecule has 236 valence electrons. The van der Waals surface area contributed by atoms with Crippen molar-refractivity contribution in [1.82, 2.24) is 15.0 Å². The van der Waals surface area contributed by atoms with E-state index >= 15 is 0 Å². The van der Waals surface area contributed by atoms with Gasteiger partial charge in [-0.2, -0.15) is 10.5 Å². The standard InChI is InChI=1S/C44H20N8/c1-47-32-14-8-28(9-15-32)41-40-39(35-6-4-5-7-37(35)50-41)36(31-21-26(24-45)20-27(22-31)25-46)23-38-44(40)52-43(30-12-18-34(49-3)19-13-30)42(51-38)29-10-16-33(48-2)17-11-29/h4-23H. The Balaban J connectivity index is 1.59. The molecule has 8 heteroatoms. The summed E-state index contributed by atoms with van der Waals surface area (Å²) in [5, 5.41) is 22.3. The van der Waals surface area contributed by atoms with Crippen molar-refractivity contribution in [1.29, 1.82) is 10.5 Å². The van der Waals surface area contributed by atoms with Crippen LogP contribution in [0.25, 0.3) is 92.1 Å². The Kier molecular flexibility index (Phi) is 7.57. The zero-order chi connectivity index (χ0) is 35.8. The molecule has 0 N–H and O–H groups in total. The monoisotopic (exact) mass is 660 g/mol. The van der Waals surface area contributed by atoms with Crippen LogP contribution in [0.5, 0.6) is 0 Å². The largest absolute Gasteiger partial charge is 0.247 e. The smallest absolute Gasteiger partial charge is 0.187 e. The molecule has 2 heterocycles. The summed E-state index contributed by atoms with van der Waals surface area (Å²) in [5.74, 6) is 0. The fraction of sp³-hybridized carbons (Fsp3) is 0. The summed E-state index contributed by atoms with van der Waals surface area (Å²) in [4.78, 5) is 26.6. The first-order valence-corrected chi connectivity index (χ1v) is 16.0. The highest BCUT2D eigenvalue weighted by Gasteiger charge is 2.23. The van der Waals surface area contributed by atoms with Crippen LogP contribution >= 0.6 is 0 Å². The fourth-order valence-electron chi connectivity index (χ4n) is 6.50. The Hall–Kier alpha value is -8.22. The average molecular weight is 661 g/mol. The van der Waals surface area contributed by atoms with Gasteiger partial charge in [0.25, 0.3) is 0 Å². The Morgan fingerprint density at radius 2 is 0.942 bits per heavy atom. The number of rotatable bonds is 4. The summed E-state index contributed by atoms with van der Waals surface area (Å²) >= 11 is 0. The molecule has 0 atom stereocenters. The van der Waals surface area contributed by atoms with Crippen LogP contribution in [0, 0.1) is 42.4 Å². The van der Waals surface area contributed by atoms with Crippen LogP contribution < -0.4 is 0 Å². The first kappa shape index (κ1) is 31.1. The van der Waals surface area contributed by atoms with Gasteiger partial charge in [-0.25, -0.2) is 29.5 Å². The highest BCUT2D eigenvalue weighted by atomic mass is 14.8. The SMILES string of the molecule is [C-]#[N+]c1ccc(-c2nc3cc(-c4cc(C#N)cc(C#N)c4)c4c5ccccc5nc(-c5ccc([N+]#[C-])cc5)c4c3nc2-c2ccc([N+]#[C-])cc2)cc1. The average Bonchev–Trinajstić information content (AvgIpc) is 3.22. The van der Waals surface area contributed by atoms with E-state index in [0.29, 0.717) is 67.3 Å². The molecule has 8 nitrogen and oxygen atoms in total. The third kappa shape index (κ3) is 5.27. The van der Waals surface area contributed by atoms with Crippen LogP contribution in [0.4, 0.5) is 17.1 Å². The van der Waals surface area contributed by atoms with Gasteiger partial charge in [-0.15, -0.1) is 0 Å². The molecule has 0 saturated heterocycles. The predicted octanol–water partition coefficient (Wildman–Crippen LogP) is 11.4. The summed E-state index contributed by atoms with van der Waals surface area (Å²) in [6, 6.07) is 40.9. The first-order chi connectivity index (χ1) is 25.5. The first-order valence-electron chi connectivity index (χ1n) is 16.0. The van der Waals surface area contributed by atoms with Crippen LogP contribution in [0.2, 0.25) is 0 Å². The molecule has 52 heavy (non-hydrogen) atoms. The van der Waals surface area contributed by atoms with Gasteiger partial charge in [0.1, 0.15) is 0 Å². The normalized spacial score (nSPS) is 10.6. The summed E-state index contributed by atoms with van der Waals surface area (Å²) in [6.07, 6.45) is 0. The lowest BCUT2D eigenvalue weighted by Crippen LogP contribution is -2.00. The Labute approximate surface area is 298 Å². The number of fused-ring (bicyclic) bond motifs is 5. The molecule has 0 aliphatic carbocycles. The number of benzene rings is 6. The second kappa shape index (κ2) is 12.7. The molecule has 0 saturated carbocycles. The van der Waals surface area contributed by atoms with Crippen molar-refractivity contribution < 1.29 is 0 Å². The topological polar surface area (TPSA) is 99.3 Å². The number of aromatic nitrogens is 3. The zero-order valence-electron chi connectivity index (χ0n) is 27.1. The van der Waals surface area contributed by atoms with E-state index in [9.17, 15) is 10.5 Å². The van der Waals surface area contributed by atoms with E-state index in [1.54, 1.807) is 54.6 Å². The van der Waals surface area contributed by atoms with Crippen LogP contribution in [0.15, 0.2) is 121 Å². The number of hydrogen-bond donors (Lipinski definition) is 0. The number of nitrogens with zero attached hydrogens (tertiary/aromatic N) is 8. The summed E-state index contributed by atoms with van der Waals surface area (Å²) in [5.41, 5.74) is 9.49. The van der Waals surface area contributed by atoms with Gasteiger partial charge in [0.2, 0.25) is 0 Å². The maximum atomic E-state index is 9.95. The molecule has 0 aliphatic heterocycles. The molecule has 0 bridgehead atoms. The van der Waals surface area contributed by atoms with Gasteiger partial charge < -0.3 is 0 Å². The Morgan fingerprint density at radius 3 is 1.46 bits per heavy atom. The molecule has 0 spiro atoms. The predicted molar refractivity (Wildman–Crippen MR) is 202 cm³/mol. The molecule has 0 amide bonds. The minimum atomic E-state index is 0.348. The van der Waals surface area contributed by atoms with E-state index in [1.807, 2.05) is 66.7 Å². The van der Waals surface area contributed by atoms with E-state index in [1.165, 1.54) is 0 Å². The molecule has 0 radical (unpaired) electrons. The van der Waals surface area contributed by atoms with Crippen LogP contribution in [0.1, 0.15) is 11.1 Å². The second-order valence-electron chi connectivity index (χ2n) is 11.9. The number of nitriles is 2. The summed E-state index contributed by atoms with van der Waals surface area (Å²) in [7, 11) is 0. The van der Waals surface area contributed by atoms with Crippen molar-refractivity contribution in [3.8, 4) is 57.0 Å². The second-order valence-corrected chi connectivity index (χ2v) is 11.9. The van der Waals surface area contributed by atoms with Gasteiger partial charge in [0.05, 0.1) is 76.6 Å². The molecule has 0 aliphatic rings. The van der Waals surface area contributed by atoms with E-state index in [-0.39, 0.29) is 0 Å². The lowest BCUT2D eigenvalue weighted by atomic mass is 9.90. The van der Waals surface area contributed by atoms with E-state index in [4.69, 9.17) is 34.7 Å². The van der Waals surface area contributed by atoms with Gasteiger partial charge in [-0.1, -0.05) is 91.0 Å². The fourth-order valence-corrected chi connectivity index (χ4v) is 6.50. The third-order valence-electron chi connectivity index (χ3n) is 8.91. The Morgan fingerprint density at radius 1 is 0.462 bits per heavy atom. The van der Waals surface area contributed by atoms with Crippen molar-refractivity contribution >= 4 is 49.8 Å². The molecule has 2 aromatic heterocycles. The lowest BCUT2D eigenvalue weighted by molar-refractivity contribution is 1.30. The van der Waals surface area contributed by atoms with Crippen LogP contribution in [-0.4, -0.2) is 15.0 Å². The number of para-hydroxylation sites is 1. The lowest BCUT2D eigenvalue weighted by Gasteiger charge is -2.18. The van der Waals surface area contributed by atoms with E-state index < -0.39 is 0 Å². The quantitative estimate of drug-likeness (QED) is 0.138. The molecule has 0 unspecified atom stereocenters. The van der Waals surface area contributed by atoms with Gasteiger partial charge in [-0.05, 0) is 58.1 Å². The maximum absolute atomic E-state index is 9.95. The maximum Gasteiger partial charge on any atom is 0.187 e. The van der Waals surface area contributed by atoms with Crippen LogP contribution in [0.3, 0.4) is 0 Å². The molecular formula is C44H20N8. The van der Waals surface area contributed by atoms with Crippen LogP contribution in [-0.2, 0) is 0 Å². The Bertz CT molecular complexity index is 2950. The zero-order valence-corrected chi connectivity index (χ0v) is 27.1. The van der Waals surface area contributed by atoms with Crippen molar-refractivity contribution in [2.75, 3.05) is 0 Å². The van der Waals surface area contributed by atoms with E-state index in [2.05, 4.69) is 26.7 Å². The molecule has 6 aromatic carbocycles. The van der Waals surface area contributed by atoms with Crippen molar-refractivity contribution in [3.05, 3.63) is 167 Å². The molecule has 0 fully saturated rings. The van der Waals surface area contributed by atoms with Crippen molar-refractivity contribution in [3.63, 3.8) is 0 Å². The van der Waals surface area contributed by atoms with Gasteiger partial charge in [0, 0.05) is 16.2 Å². The number of pyridine rings is 1. The summed E-state index contributed by atoms with van der Waals surface area (Å²) in [6.45, 7) is 22.5. The van der Waals surface area contributed by atoms with Gasteiger partial charge in [-0.3, -0.25) is 0 Å². The molecular weight excluding hydrogens is 641 g/mol. The summed E-state index contributed by atoms with van der Waals surface area (Å²) < 4.78 is 0. The minimum absolute atomic E-state index is 0.348. The highest BCUT2D eigenvalue weighted by Crippen LogP contribution is 2.44. The highest BCUT2D eigenvalue weighted by molar-refractivity contribution is 6.25. The minimum Gasteiger partial charge on any atom is -0.247 e. The number of hydrogen-bond acceptors (Lipinski definition) is 5. The van der Waals surface area contributed by atoms with Gasteiger partial charge in [0.15, 0.2) is 17.1 Å². The van der Waals surface area contributed by atoms with Crippen molar-refractivity contribution in [2.45, 2.75) is 0 Å². The van der Waals surface area contributed by atoms with Crippen molar-refractivity contribution in [2.24, 2.45) is 0 Å². The van der Waals surface area contributed by atoms with E-state index in [0.717, 1.165) is 38.5 Å². The van der Waals surface area contributed by atoms with Gasteiger partial charge >= 0.3 is 0 Å². The third-order valence-corrected chi connectivity index (χ3v) is 8.91.